The summed E-state index contributed by atoms with van der Waals surface area (Å²) in [5.41, 5.74) is 2.89. The average molecular weight is 229 g/mol. The van der Waals surface area contributed by atoms with Crippen molar-refractivity contribution in [1.82, 2.24) is 4.57 Å². The van der Waals surface area contributed by atoms with E-state index in [1.165, 1.54) is 10.9 Å². The van der Waals surface area contributed by atoms with E-state index >= 15 is 0 Å². The van der Waals surface area contributed by atoms with Gasteiger partial charge in [0.25, 0.3) is 0 Å². The van der Waals surface area contributed by atoms with Gasteiger partial charge in [0.1, 0.15) is 0 Å². The molecule has 0 N–H and O–H groups in total. The highest BCUT2D eigenvalue weighted by atomic mass is 16.2. The number of aromatic nitrogens is 1. The van der Waals surface area contributed by atoms with Crippen molar-refractivity contribution in [1.29, 1.82) is 0 Å². The van der Waals surface area contributed by atoms with Crippen LogP contribution in [0.5, 0.6) is 0 Å². The first-order valence-corrected chi connectivity index (χ1v) is 5.95. The Balaban J connectivity index is 2.78. The highest BCUT2D eigenvalue weighted by molar-refractivity contribution is 5.97. The van der Waals surface area contributed by atoms with Gasteiger partial charge in [0, 0.05) is 16.5 Å². The highest BCUT2D eigenvalue weighted by Crippen LogP contribution is 2.28. The summed E-state index contributed by atoms with van der Waals surface area (Å²) in [5, 5.41) is 1.17. The zero-order valence-corrected chi connectivity index (χ0v) is 11.2. The first-order chi connectivity index (χ1) is 7.84. The maximum absolute atomic E-state index is 12.5. The van der Waals surface area contributed by atoms with Crippen LogP contribution >= 0.6 is 0 Å². The molecule has 1 aromatic heterocycles. The van der Waals surface area contributed by atoms with Gasteiger partial charge in [-0.15, -0.1) is 0 Å². The Labute approximate surface area is 102 Å². The van der Waals surface area contributed by atoms with Crippen LogP contribution in [0.1, 0.15) is 36.8 Å². The third-order valence-corrected chi connectivity index (χ3v) is 3.27. The smallest absolute Gasteiger partial charge is 0.236 e. The Morgan fingerprint density at radius 2 is 1.71 bits per heavy atom. The van der Waals surface area contributed by atoms with Crippen LogP contribution < -0.4 is 0 Å². The standard InChI is InChI=1S/C15H19NO/c1-10-11(2)16(14(17)15(3,4)5)13-9-7-6-8-12(10)13/h6-9H,1-5H3. The van der Waals surface area contributed by atoms with Gasteiger partial charge < -0.3 is 0 Å². The number of carbonyl (C=O) groups excluding carboxylic acids is 1. The number of carbonyl (C=O) groups is 1. The Kier molecular flexibility index (Phi) is 2.61. The molecule has 0 radical (unpaired) electrons. The zero-order chi connectivity index (χ0) is 12.8. The molecule has 0 bridgehead atoms. The van der Waals surface area contributed by atoms with Crippen molar-refractivity contribution in [3.8, 4) is 0 Å². The maximum atomic E-state index is 12.5. The minimum Gasteiger partial charge on any atom is -0.284 e. The van der Waals surface area contributed by atoms with E-state index in [1.807, 2.05) is 50.5 Å². The van der Waals surface area contributed by atoms with Crippen LogP contribution in [0.3, 0.4) is 0 Å². The van der Waals surface area contributed by atoms with Gasteiger partial charge in [-0.25, -0.2) is 0 Å². The second-order valence-electron chi connectivity index (χ2n) is 5.62. The van der Waals surface area contributed by atoms with Crippen molar-refractivity contribution in [2.45, 2.75) is 34.6 Å². The summed E-state index contributed by atoms with van der Waals surface area (Å²) in [4.78, 5) is 12.5. The van der Waals surface area contributed by atoms with E-state index in [0.717, 1.165) is 11.2 Å². The summed E-state index contributed by atoms with van der Waals surface area (Å²) in [5.74, 6) is 0.152. The quantitative estimate of drug-likeness (QED) is 0.670. The maximum Gasteiger partial charge on any atom is 0.236 e. The molecule has 90 valence electrons. The summed E-state index contributed by atoms with van der Waals surface area (Å²) in [6.07, 6.45) is 0. The largest absolute Gasteiger partial charge is 0.284 e. The van der Waals surface area contributed by atoms with E-state index in [9.17, 15) is 4.79 Å². The number of rotatable bonds is 0. The molecule has 17 heavy (non-hydrogen) atoms. The average Bonchev–Trinajstić information content (AvgIpc) is 2.51. The molecule has 0 unspecified atom stereocenters. The van der Waals surface area contributed by atoms with E-state index in [2.05, 4.69) is 13.0 Å². The number of hydrogen-bond acceptors (Lipinski definition) is 1. The van der Waals surface area contributed by atoms with Gasteiger partial charge in [-0.1, -0.05) is 39.0 Å². The summed E-state index contributed by atoms with van der Waals surface area (Å²) in [6, 6.07) is 8.08. The molecule has 0 fully saturated rings. The molecule has 2 heteroatoms. The number of benzene rings is 1. The monoisotopic (exact) mass is 229 g/mol. The van der Waals surface area contributed by atoms with E-state index in [4.69, 9.17) is 0 Å². The SMILES string of the molecule is Cc1c(C)n(C(=O)C(C)(C)C)c2ccccc12. The van der Waals surface area contributed by atoms with Gasteiger partial charge >= 0.3 is 0 Å². The molecule has 0 saturated heterocycles. The molecule has 0 atom stereocenters. The third kappa shape index (κ3) is 1.78. The highest BCUT2D eigenvalue weighted by Gasteiger charge is 2.26. The summed E-state index contributed by atoms with van der Waals surface area (Å²) in [7, 11) is 0. The minimum atomic E-state index is -0.362. The molecule has 2 rings (SSSR count). The molecule has 1 heterocycles. The molecular weight excluding hydrogens is 210 g/mol. The lowest BCUT2D eigenvalue weighted by Crippen LogP contribution is -2.27. The molecule has 0 amide bonds. The van der Waals surface area contributed by atoms with Crippen LogP contribution in [0.25, 0.3) is 10.9 Å². The molecule has 0 spiro atoms. The first kappa shape index (κ1) is 11.9. The number of fused-ring (bicyclic) bond motifs is 1. The van der Waals surface area contributed by atoms with Crippen molar-refractivity contribution in [2.24, 2.45) is 5.41 Å². The number of para-hydroxylation sites is 1. The third-order valence-electron chi connectivity index (χ3n) is 3.27. The fraction of sp³-hybridized carbons (Fsp3) is 0.400. The lowest BCUT2D eigenvalue weighted by Gasteiger charge is -2.19. The van der Waals surface area contributed by atoms with Crippen LogP contribution in [0, 0.1) is 19.3 Å². The van der Waals surface area contributed by atoms with Gasteiger partial charge in [-0.3, -0.25) is 9.36 Å². The molecule has 2 nitrogen and oxygen atoms in total. The Hall–Kier alpha value is -1.57. The molecule has 0 saturated carbocycles. The normalized spacial score (nSPS) is 12.1. The lowest BCUT2D eigenvalue weighted by atomic mass is 9.95. The lowest BCUT2D eigenvalue weighted by molar-refractivity contribution is 0.0770. The second-order valence-corrected chi connectivity index (χ2v) is 5.62. The summed E-state index contributed by atoms with van der Waals surface area (Å²) >= 11 is 0. The molecule has 1 aromatic carbocycles. The van der Waals surface area contributed by atoms with Crippen molar-refractivity contribution < 1.29 is 4.79 Å². The van der Waals surface area contributed by atoms with Crippen LogP contribution in [0.15, 0.2) is 24.3 Å². The Morgan fingerprint density at radius 1 is 1.12 bits per heavy atom. The number of hydrogen-bond donors (Lipinski definition) is 0. The van der Waals surface area contributed by atoms with Gasteiger partial charge in [-0.2, -0.15) is 0 Å². The Bertz CT molecular complexity index is 585. The summed E-state index contributed by atoms with van der Waals surface area (Å²) < 4.78 is 1.85. The molecule has 2 aromatic rings. The predicted octanol–water partition coefficient (Wildman–Crippen LogP) is 3.94. The van der Waals surface area contributed by atoms with E-state index < -0.39 is 0 Å². The Morgan fingerprint density at radius 3 is 2.29 bits per heavy atom. The molecule has 0 aliphatic rings. The van der Waals surface area contributed by atoms with Gasteiger partial charge in [0.05, 0.1) is 5.52 Å². The van der Waals surface area contributed by atoms with Gasteiger partial charge in [0.2, 0.25) is 5.91 Å². The number of aryl methyl sites for hydroxylation is 1. The first-order valence-electron chi connectivity index (χ1n) is 5.95. The van der Waals surface area contributed by atoms with Crippen molar-refractivity contribution in [2.75, 3.05) is 0 Å². The van der Waals surface area contributed by atoms with Crippen LogP contribution in [-0.4, -0.2) is 10.5 Å². The van der Waals surface area contributed by atoms with Crippen molar-refractivity contribution >= 4 is 16.8 Å². The fourth-order valence-corrected chi connectivity index (χ4v) is 2.13. The van der Waals surface area contributed by atoms with Gasteiger partial charge in [0.15, 0.2) is 0 Å². The second kappa shape index (κ2) is 3.73. The molecular formula is C15H19NO. The van der Waals surface area contributed by atoms with E-state index in [1.54, 1.807) is 0 Å². The van der Waals surface area contributed by atoms with E-state index in [0.29, 0.717) is 0 Å². The van der Waals surface area contributed by atoms with Crippen molar-refractivity contribution in [3.63, 3.8) is 0 Å². The van der Waals surface area contributed by atoms with Crippen LogP contribution in [0.2, 0.25) is 0 Å². The van der Waals surface area contributed by atoms with Crippen LogP contribution in [-0.2, 0) is 0 Å². The van der Waals surface area contributed by atoms with Gasteiger partial charge in [-0.05, 0) is 25.5 Å². The molecule has 0 aliphatic carbocycles. The molecule has 0 aliphatic heterocycles. The fourth-order valence-electron chi connectivity index (χ4n) is 2.13. The minimum absolute atomic E-state index is 0.152. The van der Waals surface area contributed by atoms with Crippen LogP contribution in [0.4, 0.5) is 0 Å². The topological polar surface area (TPSA) is 22.0 Å². The predicted molar refractivity (Wildman–Crippen MR) is 71.5 cm³/mol. The summed E-state index contributed by atoms with van der Waals surface area (Å²) in [6.45, 7) is 9.96. The van der Waals surface area contributed by atoms with Crippen molar-refractivity contribution in [3.05, 3.63) is 35.5 Å². The number of nitrogens with zero attached hydrogens (tertiary/aromatic N) is 1. The zero-order valence-electron chi connectivity index (χ0n) is 11.2. The van der Waals surface area contributed by atoms with E-state index in [-0.39, 0.29) is 11.3 Å².